The zero-order chi connectivity index (χ0) is 27.2. The van der Waals surface area contributed by atoms with Crippen molar-refractivity contribution in [1.82, 2.24) is 19.7 Å². The van der Waals surface area contributed by atoms with Gasteiger partial charge in [-0.2, -0.15) is 0 Å². The average Bonchev–Trinajstić information content (AvgIpc) is 3.58. The van der Waals surface area contributed by atoms with Crippen molar-refractivity contribution in [2.45, 2.75) is 19.0 Å². The molecule has 0 radical (unpaired) electrons. The second-order valence-corrected chi connectivity index (χ2v) is 10.4. The van der Waals surface area contributed by atoms with Crippen LogP contribution in [-0.4, -0.2) is 44.0 Å². The van der Waals surface area contributed by atoms with E-state index in [9.17, 15) is 9.59 Å². The summed E-state index contributed by atoms with van der Waals surface area (Å²) < 4.78 is 7.17. The number of carbonyl (C=O) groups excluding carboxylic acids is 2. The Morgan fingerprint density at radius 1 is 1.00 bits per heavy atom. The number of anilines is 1. The van der Waals surface area contributed by atoms with Crippen molar-refractivity contribution >= 4 is 40.0 Å². The number of rotatable bonds is 9. The Morgan fingerprint density at radius 3 is 2.51 bits per heavy atom. The van der Waals surface area contributed by atoms with E-state index in [-0.39, 0.29) is 18.3 Å². The fraction of sp³-hybridized carbons (Fsp3) is 0.138. The minimum atomic E-state index is -0.473. The van der Waals surface area contributed by atoms with E-state index in [0.717, 1.165) is 27.3 Å². The summed E-state index contributed by atoms with van der Waals surface area (Å²) in [6, 6.07) is 23.2. The number of aryl methyl sites for hydroxylation is 1. The van der Waals surface area contributed by atoms with Gasteiger partial charge in [0, 0.05) is 22.8 Å². The molecule has 5 aromatic rings. The molecule has 3 aromatic heterocycles. The van der Waals surface area contributed by atoms with Gasteiger partial charge < -0.3 is 10.1 Å². The van der Waals surface area contributed by atoms with Crippen LogP contribution in [0.25, 0.3) is 27.5 Å². The van der Waals surface area contributed by atoms with Gasteiger partial charge in [-0.3, -0.25) is 14.3 Å². The van der Waals surface area contributed by atoms with Crippen molar-refractivity contribution in [1.29, 1.82) is 0 Å². The first-order chi connectivity index (χ1) is 19.0. The summed E-state index contributed by atoms with van der Waals surface area (Å²) in [5.41, 5.74) is 4.06. The SMILES string of the molecule is CCOC(=O)c1cc(-c2ccccc2)sc1NC(=O)CSc1nnc(-c2cccnc2)n1-c1ccccc1C. The van der Waals surface area contributed by atoms with Crippen LogP contribution in [0.4, 0.5) is 5.00 Å². The van der Waals surface area contributed by atoms with E-state index in [0.29, 0.717) is 21.5 Å². The van der Waals surface area contributed by atoms with Crippen LogP contribution in [0.5, 0.6) is 0 Å². The first kappa shape index (κ1) is 26.3. The quantitative estimate of drug-likeness (QED) is 0.169. The number of nitrogens with one attached hydrogen (secondary N) is 1. The molecule has 0 saturated carbocycles. The molecule has 1 amide bonds. The molecule has 3 heterocycles. The summed E-state index contributed by atoms with van der Waals surface area (Å²) in [4.78, 5) is 30.8. The molecule has 2 aromatic carbocycles. The summed E-state index contributed by atoms with van der Waals surface area (Å²) in [5, 5.41) is 12.8. The number of benzene rings is 2. The number of aromatic nitrogens is 4. The number of hydrogen-bond donors (Lipinski definition) is 1. The number of amides is 1. The van der Waals surface area contributed by atoms with Gasteiger partial charge in [0.1, 0.15) is 5.00 Å². The predicted octanol–water partition coefficient (Wildman–Crippen LogP) is 6.27. The maximum atomic E-state index is 13.1. The fourth-order valence-corrected chi connectivity index (χ4v) is 5.77. The predicted molar refractivity (Wildman–Crippen MR) is 154 cm³/mol. The molecule has 0 atom stereocenters. The number of nitrogens with zero attached hydrogens (tertiary/aromatic N) is 4. The lowest BCUT2D eigenvalue weighted by atomic mass is 10.1. The zero-order valence-electron chi connectivity index (χ0n) is 21.3. The standard InChI is InChI=1S/C29H25N5O3S2/c1-3-37-28(36)22-16-24(20-11-5-4-6-12-20)39-27(22)31-25(35)18-38-29-33-32-26(21-13-9-15-30-17-21)34(29)23-14-8-7-10-19(23)2/h4-17H,3,18H2,1-2H3,(H,31,35). The van der Waals surface area contributed by atoms with E-state index in [1.165, 1.54) is 23.1 Å². The summed E-state index contributed by atoms with van der Waals surface area (Å²) in [5.74, 6) is -0.0398. The van der Waals surface area contributed by atoms with Gasteiger partial charge in [0.2, 0.25) is 5.91 Å². The van der Waals surface area contributed by atoms with Gasteiger partial charge in [-0.1, -0.05) is 60.3 Å². The highest BCUT2D eigenvalue weighted by atomic mass is 32.2. The highest BCUT2D eigenvalue weighted by Crippen LogP contribution is 2.36. The molecule has 0 saturated heterocycles. The smallest absolute Gasteiger partial charge is 0.341 e. The monoisotopic (exact) mass is 555 g/mol. The molecular formula is C29H25N5O3S2. The van der Waals surface area contributed by atoms with Gasteiger partial charge in [-0.25, -0.2) is 4.79 Å². The van der Waals surface area contributed by atoms with Crippen molar-refractivity contribution in [3.63, 3.8) is 0 Å². The lowest BCUT2D eigenvalue weighted by Gasteiger charge is -2.12. The Bertz CT molecular complexity index is 1600. The Hall–Kier alpha value is -4.28. The van der Waals surface area contributed by atoms with Crippen LogP contribution in [0.1, 0.15) is 22.8 Å². The second kappa shape index (κ2) is 12.1. The number of ether oxygens (including phenoxy) is 1. The van der Waals surface area contributed by atoms with Crippen LogP contribution in [0, 0.1) is 6.92 Å². The lowest BCUT2D eigenvalue weighted by Crippen LogP contribution is -2.16. The minimum absolute atomic E-state index is 0.0674. The third kappa shape index (κ3) is 5.92. The Labute approximate surface area is 234 Å². The number of para-hydroxylation sites is 1. The van der Waals surface area contributed by atoms with E-state index >= 15 is 0 Å². The van der Waals surface area contributed by atoms with Crippen LogP contribution >= 0.6 is 23.1 Å². The number of pyridine rings is 1. The first-order valence-electron chi connectivity index (χ1n) is 12.3. The molecule has 10 heteroatoms. The van der Waals surface area contributed by atoms with Crippen LogP contribution in [0.15, 0.2) is 90.3 Å². The number of esters is 1. The molecule has 196 valence electrons. The van der Waals surface area contributed by atoms with E-state index < -0.39 is 5.97 Å². The van der Waals surface area contributed by atoms with Crippen molar-refractivity contribution in [2.75, 3.05) is 17.7 Å². The van der Waals surface area contributed by atoms with Gasteiger partial charge in [-0.05, 0) is 49.2 Å². The number of hydrogen-bond acceptors (Lipinski definition) is 8. The summed E-state index contributed by atoms with van der Waals surface area (Å²) in [6.45, 7) is 4.01. The normalized spacial score (nSPS) is 10.8. The lowest BCUT2D eigenvalue weighted by molar-refractivity contribution is -0.113. The fourth-order valence-electron chi connectivity index (χ4n) is 3.96. The van der Waals surface area contributed by atoms with Crippen LogP contribution < -0.4 is 5.32 Å². The maximum Gasteiger partial charge on any atom is 0.341 e. The third-order valence-corrected chi connectivity index (χ3v) is 7.81. The number of carbonyl (C=O) groups is 2. The average molecular weight is 556 g/mol. The molecule has 0 bridgehead atoms. The number of thioether (sulfide) groups is 1. The molecule has 0 fully saturated rings. The van der Waals surface area contributed by atoms with E-state index in [1.807, 2.05) is 78.2 Å². The van der Waals surface area contributed by atoms with Crippen LogP contribution in [0.2, 0.25) is 0 Å². The Balaban J connectivity index is 1.40. The minimum Gasteiger partial charge on any atom is -0.462 e. The molecule has 0 unspecified atom stereocenters. The van der Waals surface area contributed by atoms with E-state index in [2.05, 4.69) is 20.5 Å². The highest BCUT2D eigenvalue weighted by Gasteiger charge is 2.22. The van der Waals surface area contributed by atoms with Gasteiger partial charge in [0.05, 0.1) is 23.6 Å². The van der Waals surface area contributed by atoms with Gasteiger partial charge >= 0.3 is 5.97 Å². The third-order valence-electron chi connectivity index (χ3n) is 5.78. The van der Waals surface area contributed by atoms with E-state index in [1.54, 1.807) is 25.4 Å². The molecule has 0 aliphatic rings. The van der Waals surface area contributed by atoms with Crippen molar-refractivity contribution in [2.24, 2.45) is 0 Å². The Morgan fingerprint density at radius 2 is 1.77 bits per heavy atom. The Kier molecular flexibility index (Phi) is 8.14. The first-order valence-corrected chi connectivity index (χ1v) is 14.1. The molecule has 1 N–H and O–H groups in total. The largest absolute Gasteiger partial charge is 0.462 e. The molecule has 0 aliphatic carbocycles. The summed E-state index contributed by atoms with van der Waals surface area (Å²) in [6.07, 6.45) is 3.44. The molecule has 5 rings (SSSR count). The van der Waals surface area contributed by atoms with Crippen molar-refractivity contribution in [3.05, 3.63) is 96.3 Å². The molecule has 39 heavy (non-hydrogen) atoms. The van der Waals surface area contributed by atoms with Crippen LogP contribution in [-0.2, 0) is 9.53 Å². The molecular weight excluding hydrogens is 530 g/mol. The topological polar surface area (TPSA) is 99.0 Å². The highest BCUT2D eigenvalue weighted by molar-refractivity contribution is 7.99. The maximum absolute atomic E-state index is 13.1. The van der Waals surface area contributed by atoms with Crippen molar-refractivity contribution in [3.8, 4) is 27.5 Å². The van der Waals surface area contributed by atoms with Crippen LogP contribution in [0.3, 0.4) is 0 Å². The number of thiophene rings is 1. The van der Waals surface area contributed by atoms with Crippen molar-refractivity contribution < 1.29 is 14.3 Å². The second-order valence-electron chi connectivity index (χ2n) is 8.45. The summed E-state index contributed by atoms with van der Waals surface area (Å²) in [7, 11) is 0. The summed E-state index contributed by atoms with van der Waals surface area (Å²) >= 11 is 2.60. The van der Waals surface area contributed by atoms with Gasteiger partial charge in [0.15, 0.2) is 11.0 Å². The molecule has 8 nitrogen and oxygen atoms in total. The zero-order valence-corrected chi connectivity index (χ0v) is 23.0. The van der Waals surface area contributed by atoms with E-state index in [4.69, 9.17) is 4.74 Å². The van der Waals surface area contributed by atoms with Gasteiger partial charge in [-0.15, -0.1) is 21.5 Å². The molecule has 0 spiro atoms. The van der Waals surface area contributed by atoms with Gasteiger partial charge in [0.25, 0.3) is 0 Å². The molecule has 0 aliphatic heterocycles.